The Morgan fingerprint density at radius 2 is 1.43 bits per heavy atom. The third kappa shape index (κ3) is 9.36. The second-order valence-corrected chi connectivity index (χ2v) is 3.36. The predicted octanol–water partition coefficient (Wildman–Crippen LogP) is 3.52. The summed E-state index contributed by atoms with van der Waals surface area (Å²) < 4.78 is 9.70. The highest BCUT2D eigenvalue weighted by Crippen LogP contribution is 2.00. The van der Waals surface area contributed by atoms with Gasteiger partial charge in [0.15, 0.2) is 0 Å². The average molecular weight is 202 g/mol. The Morgan fingerprint density at radius 3 is 2.00 bits per heavy atom. The molecule has 0 aliphatic heterocycles. The maximum Gasteiger partial charge on any atom is 0.508 e. The van der Waals surface area contributed by atoms with Crippen molar-refractivity contribution in [3.05, 3.63) is 0 Å². The summed E-state index contributed by atoms with van der Waals surface area (Å²) in [5.41, 5.74) is 0. The summed E-state index contributed by atoms with van der Waals surface area (Å²) in [6, 6.07) is 0. The lowest BCUT2D eigenvalue weighted by Crippen LogP contribution is -2.09. The van der Waals surface area contributed by atoms with E-state index in [-0.39, 0.29) is 0 Å². The van der Waals surface area contributed by atoms with Crippen molar-refractivity contribution < 1.29 is 14.3 Å². The van der Waals surface area contributed by atoms with E-state index in [1.165, 1.54) is 12.8 Å². The molecular weight excluding hydrogens is 180 g/mol. The van der Waals surface area contributed by atoms with Crippen molar-refractivity contribution in [2.75, 3.05) is 13.2 Å². The SMILES string of the molecule is CCCCCCOC(=O)OCCCC. The van der Waals surface area contributed by atoms with E-state index in [2.05, 4.69) is 13.8 Å². The maximum atomic E-state index is 10.9. The van der Waals surface area contributed by atoms with E-state index >= 15 is 0 Å². The molecule has 0 amide bonds. The maximum absolute atomic E-state index is 10.9. The van der Waals surface area contributed by atoms with Gasteiger partial charge in [-0.25, -0.2) is 4.79 Å². The van der Waals surface area contributed by atoms with E-state index in [0.717, 1.165) is 25.7 Å². The molecule has 3 nitrogen and oxygen atoms in total. The van der Waals surface area contributed by atoms with Crippen molar-refractivity contribution in [2.45, 2.75) is 52.4 Å². The van der Waals surface area contributed by atoms with E-state index in [1.54, 1.807) is 0 Å². The second kappa shape index (κ2) is 10.4. The topological polar surface area (TPSA) is 35.5 Å². The van der Waals surface area contributed by atoms with Crippen molar-refractivity contribution >= 4 is 6.16 Å². The number of hydrogen-bond acceptors (Lipinski definition) is 3. The lowest BCUT2D eigenvalue weighted by molar-refractivity contribution is 0.0532. The largest absolute Gasteiger partial charge is 0.508 e. The first-order valence-corrected chi connectivity index (χ1v) is 5.60. The highest BCUT2D eigenvalue weighted by Gasteiger charge is 2.01. The molecular formula is C11H22O3. The minimum atomic E-state index is -0.519. The van der Waals surface area contributed by atoms with E-state index in [0.29, 0.717) is 13.2 Å². The van der Waals surface area contributed by atoms with Gasteiger partial charge in [0.1, 0.15) is 0 Å². The van der Waals surface area contributed by atoms with Gasteiger partial charge in [0.25, 0.3) is 0 Å². The Labute approximate surface area is 86.8 Å². The number of carbonyl (C=O) groups is 1. The summed E-state index contributed by atoms with van der Waals surface area (Å²) in [6.45, 7) is 5.18. The van der Waals surface area contributed by atoms with Crippen LogP contribution in [0, 0.1) is 0 Å². The fraction of sp³-hybridized carbons (Fsp3) is 0.909. The third-order valence-electron chi connectivity index (χ3n) is 1.94. The number of hydrogen-bond donors (Lipinski definition) is 0. The smallest absolute Gasteiger partial charge is 0.434 e. The van der Waals surface area contributed by atoms with Crippen molar-refractivity contribution in [1.82, 2.24) is 0 Å². The molecule has 0 fully saturated rings. The molecule has 0 unspecified atom stereocenters. The van der Waals surface area contributed by atoms with Gasteiger partial charge in [-0.3, -0.25) is 0 Å². The molecule has 0 rings (SSSR count). The van der Waals surface area contributed by atoms with Crippen LogP contribution in [0.2, 0.25) is 0 Å². The molecule has 84 valence electrons. The predicted molar refractivity (Wildman–Crippen MR) is 56.4 cm³/mol. The van der Waals surface area contributed by atoms with Gasteiger partial charge in [-0.2, -0.15) is 0 Å². The highest BCUT2D eigenvalue weighted by molar-refractivity contribution is 5.59. The van der Waals surface area contributed by atoms with Crippen molar-refractivity contribution in [1.29, 1.82) is 0 Å². The zero-order valence-electron chi connectivity index (χ0n) is 9.38. The van der Waals surface area contributed by atoms with E-state index < -0.39 is 6.16 Å². The Balaban J connectivity index is 3.10. The molecule has 0 bridgehead atoms. The van der Waals surface area contributed by atoms with Crippen molar-refractivity contribution in [2.24, 2.45) is 0 Å². The van der Waals surface area contributed by atoms with Gasteiger partial charge in [-0.1, -0.05) is 39.5 Å². The first kappa shape index (κ1) is 13.3. The summed E-state index contributed by atoms with van der Waals surface area (Å²) in [4.78, 5) is 10.9. The van der Waals surface area contributed by atoms with Gasteiger partial charge in [0, 0.05) is 0 Å². The Morgan fingerprint density at radius 1 is 0.857 bits per heavy atom. The average Bonchev–Trinajstić information content (AvgIpc) is 2.18. The van der Waals surface area contributed by atoms with Crippen LogP contribution in [0.4, 0.5) is 4.79 Å². The zero-order chi connectivity index (χ0) is 10.6. The molecule has 0 atom stereocenters. The Hall–Kier alpha value is -0.730. The van der Waals surface area contributed by atoms with Gasteiger partial charge in [-0.15, -0.1) is 0 Å². The van der Waals surface area contributed by atoms with Crippen molar-refractivity contribution in [3.8, 4) is 0 Å². The molecule has 0 saturated heterocycles. The fourth-order valence-electron chi connectivity index (χ4n) is 1.03. The monoisotopic (exact) mass is 202 g/mol. The van der Waals surface area contributed by atoms with Crippen LogP contribution in [0.1, 0.15) is 52.4 Å². The molecule has 0 N–H and O–H groups in total. The van der Waals surface area contributed by atoms with Crippen LogP contribution in [-0.4, -0.2) is 19.4 Å². The van der Waals surface area contributed by atoms with Crippen LogP contribution in [-0.2, 0) is 9.47 Å². The number of rotatable bonds is 8. The zero-order valence-corrected chi connectivity index (χ0v) is 9.38. The number of ether oxygens (including phenoxy) is 2. The van der Waals surface area contributed by atoms with Crippen LogP contribution < -0.4 is 0 Å². The molecule has 0 heterocycles. The minimum Gasteiger partial charge on any atom is -0.434 e. The van der Waals surface area contributed by atoms with Gasteiger partial charge in [-0.05, 0) is 12.8 Å². The summed E-state index contributed by atoms with van der Waals surface area (Å²) in [5.74, 6) is 0. The van der Waals surface area contributed by atoms with Crippen LogP contribution >= 0.6 is 0 Å². The summed E-state index contributed by atoms with van der Waals surface area (Å²) in [7, 11) is 0. The van der Waals surface area contributed by atoms with Crippen LogP contribution in [0.15, 0.2) is 0 Å². The third-order valence-corrected chi connectivity index (χ3v) is 1.94. The number of carbonyl (C=O) groups excluding carboxylic acids is 1. The molecule has 0 aromatic heterocycles. The molecule has 0 aromatic rings. The molecule has 0 aliphatic rings. The first-order valence-electron chi connectivity index (χ1n) is 5.60. The molecule has 0 spiro atoms. The van der Waals surface area contributed by atoms with E-state index in [9.17, 15) is 4.79 Å². The molecule has 0 radical (unpaired) electrons. The minimum absolute atomic E-state index is 0.476. The standard InChI is InChI=1S/C11H22O3/c1-3-5-7-8-10-14-11(12)13-9-6-4-2/h3-10H2,1-2H3. The molecule has 0 aliphatic carbocycles. The van der Waals surface area contributed by atoms with Gasteiger partial charge >= 0.3 is 6.16 Å². The van der Waals surface area contributed by atoms with Gasteiger partial charge < -0.3 is 9.47 Å². The van der Waals surface area contributed by atoms with Crippen LogP contribution in [0.5, 0.6) is 0 Å². The quantitative estimate of drug-likeness (QED) is 0.446. The van der Waals surface area contributed by atoms with Gasteiger partial charge in [0.05, 0.1) is 13.2 Å². The molecule has 14 heavy (non-hydrogen) atoms. The Bertz CT molecular complexity index is 134. The van der Waals surface area contributed by atoms with Crippen molar-refractivity contribution in [3.63, 3.8) is 0 Å². The Kier molecular flexibility index (Phi) is 9.81. The summed E-state index contributed by atoms with van der Waals surface area (Å²) >= 11 is 0. The van der Waals surface area contributed by atoms with Crippen LogP contribution in [0.25, 0.3) is 0 Å². The molecule has 0 aromatic carbocycles. The lowest BCUT2D eigenvalue weighted by Gasteiger charge is -2.04. The van der Waals surface area contributed by atoms with E-state index in [1.807, 2.05) is 0 Å². The molecule has 0 saturated carbocycles. The van der Waals surface area contributed by atoms with E-state index in [4.69, 9.17) is 9.47 Å². The van der Waals surface area contributed by atoms with Gasteiger partial charge in [0.2, 0.25) is 0 Å². The highest BCUT2D eigenvalue weighted by atomic mass is 16.7. The normalized spacial score (nSPS) is 9.86. The second-order valence-electron chi connectivity index (χ2n) is 3.36. The fourth-order valence-corrected chi connectivity index (χ4v) is 1.03. The summed E-state index contributed by atoms with van der Waals surface area (Å²) in [5, 5.41) is 0. The summed E-state index contributed by atoms with van der Waals surface area (Å²) in [6.07, 6.45) is 5.88. The van der Waals surface area contributed by atoms with Crippen LogP contribution in [0.3, 0.4) is 0 Å². The number of unbranched alkanes of at least 4 members (excludes halogenated alkanes) is 4. The molecule has 3 heteroatoms. The first-order chi connectivity index (χ1) is 6.81. The lowest BCUT2D eigenvalue weighted by atomic mass is 10.2.